The summed E-state index contributed by atoms with van der Waals surface area (Å²) in [5.41, 5.74) is 0.857. The fourth-order valence-electron chi connectivity index (χ4n) is 1.18. The summed E-state index contributed by atoms with van der Waals surface area (Å²) < 4.78 is 0.776. The number of nitrogens with one attached hydrogen (secondary N) is 1. The van der Waals surface area contributed by atoms with Crippen molar-refractivity contribution in [2.24, 2.45) is 0 Å². The highest BCUT2D eigenvalue weighted by Gasteiger charge is 2.24. The van der Waals surface area contributed by atoms with Gasteiger partial charge >= 0.3 is 11.9 Å². The van der Waals surface area contributed by atoms with E-state index < -0.39 is 30.3 Å². The number of thiophene rings is 1. The van der Waals surface area contributed by atoms with Gasteiger partial charge in [-0.05, 0) is 34.5 Å². The third-order valence-corrected chi connectivity index (χ3v) is 4.20. The Hall–Kier alpha value is -1.41. The van der Waals surface area contributed by atoms with E-state index in [9.17, 15) is 14.4 Å². The average molecular weight is 336 g/mol. The van der Waals surface area contributed by atoms with Crippen LogP contribution in [0.15, 0.2) is 9.85 Å². The van der Waals surface area contributed by atoms with E-state index >= 15 is 0 Å². The molecular formula is C10H10BrNO5S. The summed E-state index contributed by atoms with van der Waals surface area (Å²) in [6, 6.07) is 0.167. The van der Waals surface area contributed by atoms with Gasteiger partial charge in [-0.2, -0.15) is 0 Å². The molecule has 98 valence electrons. The Morgan fingerprint density at radius 3 is 2.44 bits per heavy atom. The van der Waals surface area contributed by atoms with Crippen molar-refractivity contribution in [1.82, 2.24) is 5.32 Å². The quantitative estimate of drug-likeness (QED) is 0.756. The molecule has 0 aliphatic rings. The number of carbonyl (C=O) groups is 3. The average Bonchev–Trinajstić information content (AvgIpc) is 2.57. The predicted molar refractivity (Wildman–Crippen MR) is 67.9 cm³/mol. The lowest BCUT2D eigenvalue weighted by atomic mass is 10.2. The van der Waals surface area contributed by atoms with Crippen molar-refractivity contribution in [2.75, 3.05) is 0 Å². The normalized spacial score (nSPS) is 11.9. The maximum absolute atomic E-state index is 11.7. The number of aryl methyl sites for hydroxylation is 1. The largest absolute Gasteiger partial charge is 0.481 e. The number of hydrogen-bond acceptors (Lipinski definition) is 4. The van der Waals surface area contributed by atoms with Gasteiger partial charge in [-0.15, -0.1) is 11.3 Å². The fraction of sp³-hybridized carbons (Fsp3) is 0.300. The molecule has 18 heavy (non-hydrogen) atoms. The summed E-state index contributed by atoms with van der Waals surface area (Å²) >= 11 is 4.41. The predicted octanol–water partition coefficient (Wildman–Crippen LogP) is 1.48. The van der Waals surface area contributed by atoms with Crippen LogP contribution < -0.4 is 5.32 Å². The number of carboxylic acid groups (broad SMARTS) is 2. The van der Waals surface area contributed by atoms with Crippen molar-refractivity contribution in [2.45, 2.75) is 19.4 Å². The SMILES string of the molecule is Cc1cc(C(=O)NC(CC(=O)O)C(=O)O)sc1Br. The molecule has 0 aromatic carbocycles. The van der Waals surface area contributed by atoms with E-state index in [-0.39, 0.29) is 0 Å². The van der Waals surface area contributed by atoms with Crippen molar-refractivity contribution < 1.29 is 24.6 Å². The van der Waals surface area contributed by atoms with Gasteiger partial charge in [-0.1, -0.05) is 0 Å². The molecule has 0 saturated carbocycles. The smallest absolute Gasteiger partial charge is 0.326 e. The highest BCUT2D eigenvalue weighted by atomic mass is 79.9. The van der Waals surface area contributed by atoms with Crippen LogP contribution in [-0.4, -0.2) is 34.1 Å². The summed E-state index contributed by atoms with van der Waals surface area (Å²) in [4.78, 5) is 33.3. The zero-order chi connectivity index (χ0) is 13.9. The number of amides is 1. The highest BCUT2D eigenvalue weighted by molar-refractivity contribution is 9.11. The van der Waals surface area contributed by atoms with Gasteiger partial charge in [0.15, 0.2) is 0 Å². The van der Waals surface area contributed by atoms with E-state index in [0.29, 0.717) is 4.88 Å². The molecule has 1 heterocycles. The van der Waals surface area contributed by atoms with Gasteiger partial charge in [0, 0.05) is 0 Å². The van der Waals surface area contributed by atoms with Crippen molar-refractivity contribution >= 4 is 45.1 Å². The Balaban J connectivity index is 2.78. The monoisotopic (exact) mass is 335 g/mol. The summed E-state index contributed by atoms with van der Waals surface area (Å²) in [5, 5.41) is 19.5. The lowest BCUT2D eigenvalue weighted by Crippen LogP contribution is -2.41. The third-order valence-electron chi connectivity index (χ3n) is 2.06. The molecule has 0 bridgehead atoms. The fourth-order valence-corrected chi connectivity index (χ4v) is 2.61. The summed E-state index contributed by atoms with van der Waals surface area (Å²) in [6.45, 7) is 1.79. The lowest BCUT2D eigenvalue weighted by molar-refractivity contribution is -0.145. The van der Waals surface area contributed by atoms with Crippen molar-refractivity contribution in [3.63, 3.8) is 0 Å². The van der Waals surface area contributed by atoms with Crippen LogP contribution in [-0.2, 0) is 9.59 Å². The minimum atomic E-state index is -1.43. The standard InChI is InChI=1S/C10H10BrNO5S/c1-4-2-6(18-8(4)11)9(15)12-5(10(16)17)3-7(13)14/h2,5H,3H2,1H3,(H,12,15)(H,13,14)(H,16,17). The first-order chi connectivity index (χ1) is 8.31. The molecule has 3 N–H and O–H groups in total. The molecule has 6 nitrogen and oxygen atoms in total. The number of carboxylic acids is 2. The molecule has 1 aromatic rings. The molecule has 0 spiro atoms. The van der Waals surface area contributed by atoms with Gasteiger partial charge in [0.1, 0.15) is 6.04 Å². The van der Waals surface area contributed by atoms with Crippen molar-refractivity contribution in [3.8, 4) is 0 Å². The second kappa shape index (κ2) is 5.96. The molecule has 0 saturated heterocycles. The number of carbonyl (C=O) groups excluding carboxylic acids is 1. The first kappa shape index (κ1) is 14.7. The molecule has 0 aliphatic carbocycles. The molecule has 0 aliphatic heterocycles. The van der Waals surface area contributed by atoms with Crippen LogP contribution in [0.25, 0.3) is 0 Å². The molecule has 1 rings (SSSR count). The van der Waals surface area contributed by atoms with Gasteiger partial charge in [0.2, 0.25) is 0 Å². The molecule has 8 heteroatoms. The molecule has 1 unspecified atom stereocenters. The van der Waals surface area contributed by atoms with Crippen molar-refractivity contribution in [3.05, 3.63) is 20.3 Å². The van der Waals surface area contributed by atoms with Gasteiger partial charge in [-0.3, -0.25) is 9.59 Å². The molecule has 1 aromatic heterocycles. The first-order valence-electron chi connectivity index (χ1n) is 4.82. The van der Waals surface area contributed by atoms with E-state index in [2.05, 4.69) is 21.2 Å². The highest BCUT2D eigenvalue weighted by Crippen LogP contribution is 2.27. The summed E-state index contributed by atoms with van der Waals surface area (Å²) in [7, 11) is 0. The van der Waals surface area contributed by atoms with Crippen LogP contribution in [0.4, 0.5) is 0 Å². The molecule has 0 radical (unpaired) electrons. The Morgan fingerprint density at radius 2 is 2.06 bits per heavy atom. The van der Waals surface area contributed by atoms with Crippen LogP contribution in [0.1, 0.15) is 21.7 Å². The first-order valence-corrected chi connectivity index (χ1v) is 6.43. The lowest BCUT2D eigenvalue weighted by Gasteiger charge is -2.11. The maximum atomic E-state index is 11.7. The minimum Gasteiger partial charge on any atom is -0.481 e. The van der Waals surface area contributed by atoms with Crippen molar-refractivity contribution in [1.29, 1.82) is 0 Å². The Labute approximate surface area is 115 Å². The molecule has 0 fully saturated rings. The van der Waals surface area contributed by atoms with E-state index in [1.807, 2.05) is 0 Å². The van der Waals surface area contributed by atoms with Crippen LogP contribution >= 0.6 is 27.3 Å². The molecule has 1 atom stereocenters. The van der Waals surface area contributed by atoms with E-state index in [1.54, 1.807) is 13.0 Å². The third kappa shape index (κ3) is 3.81. The van der Waals surface area contributed by atoms with E-state index in [4.69, 9.17) is 10.2 Å². The second-order valence-electron chi connectivity index (χ2n) is 3.53. The number of aliphatic carboxylic acids is 2. The van der Waals surface area contributed by atoms with Gasteiger partial charge in [-0.25, -0.2) is 4.79 Å². The van der Waals surface area contributed by atoms with E-state index in [1.165, 1.54) is 0 Å². The second-order valence-corrected chi connectivity index (χ2v) is 5.90. The molecule has 1 amide bonds. The van der Waals surface area contributed by atoms with Crippen LogP contribution in [0, 0.1) is 6.92 Å². The van der Waals surface area contributed by atoms with Crippen LogP contribution in [0.3, 0.4) is 0 Å². The summed E-state index contributed by atoms with van der Waals surface area (Å²) in [6.07, 6.45) is -0.660. The van der Waals surface area contributed by atoms with Gasteiger partial charge < -0.3 is 15.5 Å². The van der Waals surface area contributed by atoms with E-state index in [0.717, 1.165) is 20.7 Å². The Kier molecular flexibility index (Phi) is 4.85. The molecular weight excluding hydrogens is 326 g/mol. The van der Waals surface area contributed by atoms with Gasteiger partial charge in [0.05, 0.1) is 15.1 Å². The topological polar surface area (TPSA) is 104 Å². The number of halogens is 1. The maximum Gasteiger partial charge on any atom is 0.326 e. The van der Waals surface area contributed by atoms with Crippen LogP contribution in [0.5, 0.6) is 0 Å². The minimum absolute atomic E-state index is 0.330. The zero-order valence-corrected chi connectivity index (χ0v) is 11.7. The summed E-state index contributed by atoms with van der Waals surface area (Å²) in [5.74, 6) is -3.26. The van der Waals surface area contributed by atoms with Crippen LogP contribution in [0.2, 0.25) is 0 Å². The Bertz CT molecular complexity index is 479. The number of rotatable bonds is 5. The number of hydrogen-bond donors (Lipinski definition) is 3. The zero-order valence-electron chi connectivity index (χ0n) is 9.27. The Morgan fingerprint density at radius 1 is 1.44 bits per heavy atom. The van der Waals surface area contributed by atoms with Gasteiger partial charge in [0.25, 0.3) is 5.91 Å².